The number of halogens is 1. The van der Waals surface area contributed by atoms with E-state index in [0.717, 1.165) is 4.47 Å². The van der Waals surface area contributed by atoms with Crippen molar-refractivity contribution in [3.8, 4) is 17.2 Å². The molecule has 0 bridgehead atoms. The number of nitro groups is 1. The summed E-state index contributed by atoms with van der Waals surface area (Å²) >= 11 is 3.30. The van der Waals surface area contributed by atoms with Gasteiger partial charge in [0.25, 0.3) is 0 Å². The van der Waals surface area contributed by atoms with Crippen LogP contribution in [0.5, 0.6) is 17.2 Å². The lowest BCUT2D eigenvalue weighted by atomic mass is 10.2. The van der Waals surface area contributed by atoms with Gasteiger partial charge >= 0.3 is 11.7 Å². The van der Waals surface area contributed by atoms with Crippen LogP contribution in [-0.4, -0.2) is 24.1 Å². The Bertz CT molecular complexity index is 747. The molecule has 7 nitrogen and oxygen atoms in total. The lowest BCUT2D eigenvalue weighted by Crippen LogP contribution is -2.28. The molecule has 0 saturated heterocycles. The van der Waals surface area contributed by atoms with E-state index in [1.165, 1.54) is 32.2 Å². The van der Waals surface area contributed by atoms with Crippen LogP contribution >= 0.6 is 15.9 Å². The van der Waals surface area contributed by atoms with E-state index >= 15 is 0 Å². The van der Waals surface area contributed by atoms with Gasteiger partial charge in [-0.05, 0) is 43.3 Å². The van der Waals surface area contributed by atoms with Crippen molar-refractivity contribution in [3.05, 3.63) is 57.1 Å². The van der Waals surface area contributed by atoms with Crippen LogP contribution in [0.15, 0.2) is 46.9 Å². The van der Waals surface area contributed by atoms with Crippen molar-refractivity contribution in [3.63, 3.8) is 0 Å². The van der Waals surface area contributed by atoms with E-state index in [4.69, 9.17) is 14.2 Å². The topological polar surface area (TPSA) is 87.9 Å². The second-order valence-corrected chi connectivity index (χ2v) is 5.64. The van der Waals surface area contributed by atoms with Crippen LogP contribution in [0, 0.1) is 10.1 Å². The van der Waals surface area contributed by atoms with Crippen LogP contribution in [-0.2, 0) is 4.79 Å². The summed E-state index contributed by atoms with van der Waals surface area (Å²) in [7, 11) is 1.39. The Labute approximate surface area is 146 Å². The molecular formula is C16H14BrNO6. The average Bonchev–Trinajstić information content (AvgIpc) is 2.57. The Morgan fingerprint density at radius 1 is 1.17 bits per heavy atom. The number of carbonyl (C=O) groups excluding carboxylic acids is 1. The molecule has 0 aliphatic rings. The van der Waals surface area contributed by atoms with Gasteiger partial charge in [-0.1, -0.05) is 15.9 Å². The Kier molecular flexibility index (Phi) is 5.75. The summed E-state index contributed by atoms with van der Waals surface area (Å²) in [6.07, 6.45) is -0.937. The summed E-state index contributed by atoms with van der Waals surface area (Å²) in [4.78, 5) is 22.5. The fraction of sp³-hybridized carbons (Fsp3) is 0.188. The zero-order chi connectivity index (χ0) is 17.7. The van der Waals surface area contributed by atoms with Crippen LogP contribution < -0.4 is 14.2 Å². The molecular weight excluding hydrogens is 382 g/mol. The molecule has 0 aromatic heterocycles. The smallest absolute Gasteiger partial charge is 0.352 e. The minimum Gasteiger partial charge on any atom is -0.496 e. The van der Waals surface area contributed by atoms with Crippen molar-refractivity contribution in [1.29, 1.82) is 0 Å². The predicted molar refractivity (Wildman–Crippen MR) is 89.5 cm³/mol. The molecule has 2 aromatic rings. The number of nitrogens with zero attached hydrogens (tertiary/aromatic N) is 1. The lowest BCUT2D eigenvalue weighted by molar-refractivity contribution is -0.385. The molecule has 0 aliphatic heterocycles. The zero-order valence-electron chi connectivity index (χ0n) is 12.9. The number of carbonyl (C=O) groups is 1. The van der Waals surface area contributed by atoms with Gasteiger partial charge in [0.2, 0.25) is 5.75 Å². The second-order valence-electron chi connectivity index (χ2n) is 4.73. The van der Waals surface area contributed by atoms with Crippen molar-refractivity contribution in [2.24, 2.45) is 0 Å². The minimum absolute atomic E-state index is 0.169. The first-order valence-corrected chi connectivity index (χ1v) is 7.66. The fourth-order valence-corrected chi connectivity index (χ4v) is 2.07. The van der Waals surface area contributed by atoms with Gasteiger partial charge in [0.1, 0.15) is 11.5 Å². The van der Waals surface area contributed by atoms with Crippen LogP contribution in [0.3, 0.4) is 0 Å². The Morgan fingerprint density at radius 3 is 2.38 bits per heavy atom. The quantitative estimate of drug-likeness (QED) is 0.320. The molecule has 1 unspecified atom stereocenters. The number of hydrogen-bond donors (Lipinski definition) is 0. The summed E-state index contributed by atoms with van der Waals surface area (Å²) in [5.74, 6) is -0.143. The maximum atomic E-state index is 12.1. The molecule has 126 valence electrons. The highest BCUT2D eigenvalue weighted by Crippen LogP contribution is 2.31. The number of ether oxygens (including phenoxy) is 3. The van der Waals surface area contributed by atoms with E-state index in [1.54, 1.807) is 24.3 Å². The third-order valence-electron chi connectivity index (χ3n) is 3.03. The maximum Gasteiger partial charge on any atom is 0.352 e. The summed E-state index contributed by atoms with van der Waals surface area (Å²) in [6.45, 7) is 1.50. The van der Waals surface area contributed by atoms with Crippen LogP contribution in [0.25, 0.3) is 0 Å². The van der Waals surface area contributed by atoms with Crippen molar-refractivity contribution >= 4 is 27.6 Å². The van der Waals surface area contributed by atoms with Crippen LogP contribution in [0.4, 0.5) is 5.69 Å². The van der Waals surface area contributed by atoms with Crippen molar-refractivity contribution in [1.82, 2.24) is 0 Å². The first-order chi connectivity index (χ1) is 11.4. The Morgan fingerprint density at radius 2 is 1.79 bits per heavy atom. The number of esters is 1. The van der Waals surface area contributed by atoms with Gasteiger partial charge in [-0.15, -0.1) is 0 Å². The Hall–Kier alpha value is -2.61. The largest absolute Gasteiger partial charge is 0.496 e. The predicted octanol–water partition coefficient (Wildman–Crippen LogP) is 3.74. The molecule has 0 amide bonds. The molecule has 2 aromatic carbocycles. The van der Waals surface area contributed by atoms with Crippen LogP contribution in [0.2, 0.25) is 0 Å². The maximum absolute atomic E-state index is 12.1. The highest BCUT2D eigenvalue weighted by Gasteiger charge is 2.23. The molecule has 0 radical (unpaired) electrons. The van der Waals surface area contributed by atoms with Gasteiger partial charge in [-0.2, -0.15) is 0 Å². The minimum atomic E-state index is -0.937. The van der Waals surface area contributed by atoms with Gasteiger partial charge in [0.05, 0.1) is 18.1 Å². The fourth-order valence-electron chi connectivity index (χ4n) is 1.81. The number of nitro benzene ring substituents is 1. The third-order valence-corrected chi connectivity index (χ3v) is 3.56. The summed E-state index contributed by atoms with van der Waals surface area (Å²) in [5, 5.41) is 11.1. The summed E-state index contributed by atoms with van der Waals surface area (Å²) < 4.78 is 16.4. The second kappa shape index (κ2) is 7.78. The van der Waals surface area contributed by atoms with E-state index in [-0.39, 0.29) is 11.4 Å². The molecule has 1 atom stereocenters. The van der Waals surface area contributed by atoms with Gasteiger partial charge in [0, 0.05) is 4.47 Å². The molecule has 0 heterocycles. The molecule has 2 rings (SSSR count). The number of rotatable bonds is 6. The molecule has 0 N–H and O–H groups in total. The molecule has 24 heavy (non-hydrogen) atoms. The van der Waals surface area contributed by atoms with E-state index in [1.807, 2.05) is 0 Å². The van der Waals surface area contributed by atoms with E-state index < -0.39 is 17.0 Å². The van der Waals surface area contributed by atoms with E-state index in [0.29, 0.717) is 11.5 Å². The molecule has 0 aliphatic carbocycles. The summed E-state index contributed by atoms with van der Waals surface area (Å²) in [6, 6.07) is 10.9. The SMILES string of the molecule is COc1ccc(OC(=O)C(C)Oc2ccc(Br)cc2)c([N+](=O)[O-])c1. The third kappa shape index (κ3) is 4.45. The molecule has 0 saturated carbocycles. The molecule has 0 fully saturated rings. The van der Waals surface area contributed by atoms with Gasteiger partial charge in [0.15, 0.2) is 6.10 Å². The highest BCUT2D eigenvalue weighted by atomic mass is 79.9. The summed E-state index contributed by atoms with van der Waals surface area (Å²) in [5.41, 5.74) is -0.362. The van der Waals surface area contributed by atoms with Crippen LogP contribution in [0.1, 0.15) is 6.92 Å². The van der Waals surface area contributed by atoms with Gasteiger partial charge in [-0.3, -0.25) is 10.1 Å². The number of methoxy groups -OCH3 is 1. The first kappa shape index (κ1) is 17.7. The number of hydrogen-bond acceptors (Lipinski definition) is 6. The molecule has 0 spiro atoms. The first-order valence-electron chi connectivity index (χ1n) is 6.87. The molecule has 8 heteroatoms. The van der Waals surface area contributed by atoms with Crippen molar-refractivity contribution in [2.45, 2.75) is 13.0 Å². The average molecular weight is 396 g/mol. The van der Waals surface area contributed by atoms with E-state index in [2.05, 4.69) is 15.9 Å². The van der Waals surface area contributed by atoms with Gasteiger partial charge in [-0.25, -0.2) is 4.79 Å². The standard InChI is InChI=1S/C16H14BrNO6/c1-10(23-12-5-3-11(17)4-6-12)16(19)24-15-8-7-13(22-2)9-14(15)18(20)21/h3-10H,1-2H3. The van der Waals surface area contributed by atoms with Crippen molar-refractivity contribution in [2.75, 3.05) is 7.11 Å². The van der Waals surface area contributed by atoms with E-state index in [9.17, 15) is 14.9 Å². The zero-order valence-corrected chi connectivity index (χ0v) is 14.5. The normalized spacial score (nSPS) is 11.5. The lowest BCUT2D eigenvalue weighted by Gasteiger charge is -2.14. The Balaban J connectivity index is 2.11. The monoisotopic (exact) mass is 395 g/mol. The highest BCUT2D eigenvalue weighted by molar-refractivity contribution is 9.10. The van der Waals surface area contributed by atoms with Gasteiger partial charge < -0.3 is 14.2 Å². The number of benzene rings is 2. The van der Waals surface area contributed by atoms with Crippen molar-refractivity contribution < 1.29 is 23.9 Å².